The van der Waals surface area contributed by atoms with Gasteiger partial charge in [-0.3, -0.25) is 9.71 Å². The monoisotopic (exact) mass is 482 g/mol. The maximum Gasteiger partial charge on any atom is 0.230 e. The van der Waals surface area contributed by atoms with E-state index in [0.29, 0.717) is 16.3 Å². The summed E-state index contributed by atoms with van der Waals surface area (Å²) in [5.41, 5.74) is 2.49. The normalized spacial score (nSPS) is 13.3. The fraction of sp³-hybridized carbons (Fsp3) is 0.125. The quantitative estimate of drug-likeness (QED) is 0.375. The van der Waals surface area contributed by atoms with Gasteiger partial charge in [-0.2, -0.15) is 4.39 Å². The predicted molar refractivity (Wildman–Crippen MR) is 126 cm³/mol. The molecule has 0 spiro atoms. The molecule has 1 N–H and O–H groups in total. The van der Waals surface area contributed by atoms with Crippen molar-refractivity contribution in [2.24, 2.45) is 0 Å². The summed E-state index contributed by atoms with van der Waals surface area (Å²) >= 11 is 6.13. The third kappa shape index (κ3) is 5.53. The number of anilines is 1. The fourth-order valence-corrected chi connectivity index (χ4v) is 4.44. The number of hydrogen-bond acceptors (Lipinski definition) is 5. The Bertz CT molecular complexity index is 1350. The van der Waals surface area contributed by atoms with Crippen molar-refractivity contribution < 1.29 is 12.8 Å². The highest BCUT2D eigenvalue weighted by atomic mass is 35.5. The van der Waals surface area contributed by atoms with Crippen LogP contribution in [0.5, 0.6) is 0 Å². The van der Waals surface area contributed by atoms with E-state index < -0.39 is 27.8 Å². The van der Waals surface area contributed by atoms with Gasteiger partial charge >= 0.3 is 0 Å². The largest absolute Gasteiger partial charge is 0.268 e. The zero-order valence-corrected chi connectivity index (χ0v) is 19.1. The summed E-state index contributed by atoms with van der Waals surface area (Å²) in [4.78, 5) is 12.7. The van der Waals surface area contributed by atoms with E-state index in [4.69, 9.17) is 11.6 Å². The Hall–Kier alpha value is -3.36. The van der Waals surface area contributed by atoms with Gasteiger partial charge in [0.25, 0.3) is 0 Å². The summed E-state index contributed by atoms with van der Waals surface area (Å²) in [6.07, 6.45) is 5.78. The average molecular weight is 483 g/mol. The maximum atomic E-state index is 15.0. The molecule has 1 aromatic carbocycles. The van der Waals surface area contributed by atoms with Crippen LogP contribution in [0.2, 0.25) is 5.02 Å². The van der Waals surface area contributed by atoms with Crippen LogP contribution in [-0.2, 0) is 10.0 Å². The molecule has 0 aliphatic carbocycles. The Kier molecular flexibility index (Phi) is 6.67. The summed E-state index contributed by atoms with van der Waals surface area (Å²) in [5.74, 6) is -1.47. The number of halogens is 2. The fourth-order valence-electron chi connectivity index (χ4n) is 3.82. The molecular formula is C24H20ClFN4O2S. The molecule has 4 aromatic rings. The van der Waals surface area contributed by atoms with E-state index >= 15 is 4.39 Å². The minimum atomic E-state index is -3.53. The van der Waals surface area contributed by atoms with E-state index in [9.17, 15) is 8.42 Å². The van der Waals surface area contributed by atoms with Crippen molar-refractivity contribution in [1.82, 2.24) is 15.0 Å². The number of sulfonamides is 1. The molecule has 6 nitrogen and oxygen atoms in total. The van der Waals surface area contributed by atoms with Crippen molar-refractivity contribution in [2.45, 2.75) is 11.8 Å². The summed E-state index contributed by atoms with van der Waals surface area (Å²) in [6, 6.07) is 19.3. The van der Waals surface area contributed by atoms with Crippen molar-refractivity contribution in [3.8, 4) is 0 Å². The van der Waals surface area contributed by atoms with Gasteiger partial charge in [-0.15, -0.1) is 0 Å². The first-order valence-electron chi connectivity index (χ1n) is 10.0. The average Bonchev–Trinajstić information content (AvgIpc) is 2.79. The lowest BCUT2D eigenvalue weighted by Crippen LogP contribution is -2.19. The highest BCUT2D eigenvalue weighted by Gasteiger charge is 2.32. The first kappa shape index (κ1) is 22.8. The van der Waals surface area contributed by atoms with Crippen molar-refractivity contribution in [2.75, 3.05) is 11.0 Å². The molecule has 0 saturated heterocycles. The summed E-state index contributed by atoms with van der Waals surface area (Å²) in [5, 5.41) is 0.559. The Morgan fingerprint density at radius 3 is 2.33 bits per heavy atom. The van der Waals surface area contributed by atoms with Crippen LogP contribution in [0.25, 0.3) is 0 Å². The van der Waals surface area contributed by atoms with Crippen LogP contribution < -0.4 is 4.72 Å². The smallest absolute Gasteiger partial charge is 0.230 e. The Morgan fingerprint density at radius 2 is 1.67 bits per heavy atom. The standard InChI is InChI=1S/C24H20ClFN4O2S/c1-33(31,32)30-21-8-2-7-20(29-21)23(16-9-11-18(25)12-10-16)22(17-5-3-13-27-15-17)19-6-4-14-28-24(19)26/h2-15,22-23H,1H3,(H,29,30). The van der Waals surface area contributed by atoms with Gasteiger partial charge in [-0.1, -0.05) is 41.9 Å². The van der Waals surface area contributed by atoms with Crippen LogP contribution in [0.3, 0.4) is 0 Å². The molecule has 33 heavy (non-hydrogen) atoms. The molecule has 0 aliphatic heterocycles. The number of pyridine rings is 3. The van der Waals surface area contributed by atoms with Gasteiger partial charge in [0.05, 0.1) is 11.9 Å². The molecule has 0 bridgehead atoms. The zero-order valence-electron chi connectivity index (χ0n) is 17.6. The number of rotatable bonds is 7. The third-order valence-corrected chi connectivity index (χ3v) is 5.94. The van der Waals surface area contributed by atoms with Crippen molar-refractivity contribution in [3.63, 3.8) is 0 Å². The van der Waals surface area contributed by atoms with E-state index in [0.717, 1.165) is 17.4 Å². The van der Waals surface area contributed by atoms with Crippen LogP contribution >= 0.6 is 11.6 Å². The number of benzene rings is 1. The highest BCUT2D eigenvalue weighted by Crippen LogP contribution is 2.43. The lowest BCUT2D eigenvalue weighted by atomic mass is 9.76. The molecule has 9 heteroatoms. The predicted octanol–water partition coefficient (Wildman–Crippen LogP) is 5.00. The molecule has 168 valence electrons. The second kappa shape index (κ2) is 9.64. The van der Waals surface area contributed by atoms with E-state index in [2.05, 4.69) is 19.7 Å². The second-order valence-electron chi connectivity index (χ2n) is 7.50. The summed E-state index contributed by atoms with van der Waals surface area (Å²) in [6.45, 7) is 0. The molecule has 2 unspecified atom stereocenters. The highest BCUT2D eigenvalue weighted by molar-refractivity contribution is 7.92. The molecule has 3 aromatic heterocycles. The Balaban J connectivity index is 1.96. The SMILES string of the molecule is CS(=O)(=O)Nc1cccc(C(c2ccc(Cl)cc2)C(c2cccnc2)c2cccnc2F)n1. The number of aromatic nitrogens is 3. The van der Waals surface area contributed by atoms with E-state index in [1.165, 1.54) is 6.20 Å². The topological polar surface area (TPSA) is 84.8 Å². The summed E-state index contributed by atoms with van der Waals surface area (Å²) in [7, 11) is -3.53. The molecule has 0 fully saturated rings. The Morgan fingerprint density at radius 1 is 0.909 bits per heavy atom. The van der Waals surface area contributed by atoms with Crippen molar-refractivity contribution in [1.29, 1.82) is 0 Å². The molecule has 0 aliphatic rings. The van der Waals surface area contributed by atoms with Gasteiger partial charge < -0.3 is 0 Å². The molecule has 2 atom stereocenters. The van der Waals surface area contributed by atoms with E-state index in [-0.39, 0.29) is 5.82 Å². The third-order valence-electron chi connectivity index (χ3n) is 5.11. The molecule has 0 radical (unpaired) electrons. The lowest BCUT2D eigenvalue weighted by molar-refractivity contribution is 0.541. The van der Waals surface area contributed by atoms with Crippen molar-refractivity contribution >= 4 is 27.4 Å². The summed E-state index contributed by atoms with van der Waals surface area (Å²) < 4.78 is 41.0. The first-order chi connectivity index (χ1) is 15.8. The van der Waals surface area contributed by atoms with Crippen LogP contribution in [-0.4, -0.2) is 29.6 Å². The van der Waals surface area contributed by atoms with Gasteiger partial charge in [0, 0.05) is 41.0 Å². The number of hydrogen-bond donors (Lipinski definition) is 1. The molecule has 3 heterocycles. The van der Waals surface area contributed by atoms with Crippen molar-refractivity contribution in [3.05, 3.63) is 119 Å². The van der Waals surface area contributed by atoms with Gasteiger partial charge in [0.1, 0.15) is 5.82 Å². The molecule has 0 saturated carbocycles. The van der Waals surface area contributed by atoms with Gasteiger partial charge in [0.2, 0.25) is 16.0 Å². The van der Waals surface area contributed by atoms with Gasteiger partial charge in [-0.25, -0.2) is 18.4 Å². The van der Waals surface area contributed by atoms with Gasteiger partial charge in [-0.05, 0) is 47.5 Å². The Labute approximate surface area is 196 Å². The minimum absolute atomic E-state index is 0.172. The second-order valence-corrected chi connectivity index (χ2v) is 9.68. The van der Waals surface area contributed by atoms with Gasteiger partial charge in [0.15, 0.2) is 0 Å². The number of nitrogens with one attached hydrogen (secondary N) is 1. The first-order valence-corrected chi connectivity index (χ1v) is 12.3. The minimum Gasteiger partial charge on any atom is -0.268 e. The molecular weight excluding hydrogens is 463 g/mol. The van der Waals surface area contributed by atoms with Crippen LogP contribution in [0.1, 0.15) is 34.2 Å². The van der Waals surface area contributed by atoms with E-state index in [1.54, 1.807) is 60.9 Å². The molecule has 0 amide bonds. The van der Waals surface area contributed by atoms with Crippen LogP contribution in [0.4, 0.5) is 10.2 Å². The van der Waals surface area contributed by atoms with Crippen LogP contribution in [0.15, 0.2) is 85.3 Å². The lowest BCUT2D eigenvalue weighted by Gasteiger charge is -2.28. The van der Waals surface area contributed by atoms with E-state index in [1.807, 2.05) is 18.2 Å². The molecule has 4 rings (SSSR count). The maximum absolute atomic E-state index is 15.0. The van der Waals surface area contributed by atoms with Crippen LogP contribution in [0, 0.1) is 5.95 Å². The zero-order chi connectivity index (χ0) is 23.4. The number of nitrogens with zero attached hydrogens (tertiary/aromatic N) is 3.